The molecule has 0 spiro atoms. The second-order valence-corrected chi connectivity index (χ2v) is 10.6. The van der Waals surface area contributed by atoms with Crippen LogP contribution in [0.4, 0.5) is 0 Å². The molecule has 1 aromatic heterocycles. The number of aromatic nitrogens is 2. The van der Waals surface area contributed by atoms with E-state index >= 15 is 0 Å². The van der Waals surface area contributed by atoms with E-state index in [1.165, 1.54) is 28.8 Å². The fourth-order valence-corrected chi connectivity index (χ4v) is 5.18. The molecule has 1 unspecified atom stereocenters. The molecule has 2 aromatic carbocycles. The van der Waals surface area contributed by atoms with Gasteiger partial charge in [-0.25, -0.2) is 8.42 Å². The van der Waals surface area contributed by atoms with Crippen LogP contribution < -0.4 is 5.56 Å². The zero-order chi connectivity index (χ0) is 25.0. The first-order valence-corrected chi connectivity index (χ1v) is 12.8. The van der Waals surface area contributed by atoms with Gasteiger partial charge in [-0.05, 0) is 62.2 Å². The first-order valence-electron chi connectivity index (χ1n) is 10.6. The molecule has 0 saturated carbocycles. The zero-order valence-corrected chi connectivity index (χ0v) is 21.3. The molecule has 3 aromatic rings. The molecule has 8 nitrogen and oxygen atoms in total. The molecule has 1 heterocycles. The highest BCUT2D eigenvalue weighted by Gasteiger charge is 2.32. The highest BCUT2D eigenvalue weighted by molar-refractivity contribution is 9.10. The highest BCUT2D eigenvalue weighted by atomic mass is 79.9. The number of nitrogens with zero attached hydrogens (tertiary/aromatic N) is 3. The third kappa shape index (κ3) is 5.22. The van der Waals surface area contributed by atoms with Crippen molar-refractivity contribution < 1.29 is 18.3 Å². The first kappa shape index (κ1) is 25.6. The van der Waals surface area contributed by atoms with E-state index in [0.717, 1.165) is 0 Å². The number of hydrogen-bond acceptors (Lipinski definition) is 7. The van der Waals surface area contributed by atoms with Crippen LogP contribution in [0.3, 0.4) is 0 Å². The lowest BCUT2D eigenvalue weighted by molar-refractivity contribution is 0.0571. The van der Waals surface area contributed by atoms with E-state index in [1.54, 1.807) is 24.3 Å². The molecule has 3 rings (SSSR count). The van der Waals surface area contributed by atoms with Gasteiger partial charge in [0, 0.05) is 4.47 Å². The Bertz CT molecular complexity index is 1390. The summed E-state index contributed by atoms with van der Waals surface area (Å²) in [5, 5.41) is 20.6. The minimum atomic E-state index is -4.38. The summed E-state index contributed by atoms with van der Waals surface area (Å²) in [6.07, 6.45) is 0.222. The van der Waals surface area contributed by atoms with Crippen LogP contribution >= 0.6 is 15.9 Å². The van der Waals surface area contributed by atoms with Gasteiger partial charge in [0.2, 0.25) is 15.7 Å². The van der Waals surface area contributed by atoms with Gasteiger partial charge in [0.1, 0.15) is 12.4 Å². The molecule has 1 atom stereocenters. The van der Waals surface area contributed by atoms with E-state index in [4.69, 9.17) is 4.74 Å². The molecular formula is C24H24BrN3O5S. The molecule has 0 aliphatic carbocycles. The van der Waals surface area contributed by atoms with Crippen molar-refractivity contribution in [1.82, 2.24) is 9.55 Å². The van der Waals surface area contributed by atoms with Gasteiger partial charge in [0.05, 0.1) is 28.7 Å². The topological polar surface area (TPSA) is 122 Å². The number of hydrogen-bond donors (Lipinski definition) is 1. The number of aromatic hydroxyl groups is 1. The molecule has 0 aliphatic heterocycles. The Labute approximate surface area is 206 Å². The SMILES string of the molecule is CCC(c1cccc(C#N)c1)n1c(COC(C)C)nc(=O)c(S(=O)(=O)c2ccc(Br)cc2)c1O. The maximum atomic E-state index is 13.4. The van der Waals surface area contributed by atoms with E-state index in [1.807, 2.05) is 20.8 Å². The maximum Gasteiger partial charge on any atom is 0.296 e. The third-order valence-electron chi connectivity index (χ3n) is 5.17. The van der Waals surface area contributed by atoms with Crippen molar-refractivity contribution >= 4 is 25.8 Å². The van der Waals surface area contributed by atoms with E-state index in [0.29, 0.717) is 22.0 Å². The van der Waals surface area contributed by atoms with Gasteiger partial charge in [-0.3, -0.25) is 9.36 Å². The number of ether oxygens (including phenoxy) is 1. The maximum absolute atomic E-state index is 13.4. The van der Waals surface area contributed by atoms with Crippen molar-refractivity contribution in [3.63, 3.8) is 0 Å². The molecule has 178 valence electrons. The second-order valence-electron chi connectivity index (χ2n) is 7.83. The van der Waals surface area contributed by atoms with Crippen LogP contribution in [-0.2, 0) is 21.2 Å². The van der Waals surface area contributed by atoms with Crippen molar-refractivity contribution in [3.05, 3.63) is 80.3 Å². The Morgan fingerprint density at radius 1 is 1.21 bits per heavy atom. The fraction of sp³-hybridized carbons (Fsp3) is 0.292. The summed E-state index contributed by atoms with van der Waals surface area (Å²) in [7, 11) is -4.38. The molecule has 0 saturated heterocycles. The quantitative estimate of drug-likeness (QED) is 0.446. The predicted octanol–water partition coefficient (Wildman–Crippen LogP) is 4.34. The average Bonchev–Trinajstić information content (AvgIpc) is 2.79. The lowest BCUT2D eigenvalue weighted by atomic mass is 10.0. The van der Waals surface area contributed by atoms with Gasteiger partial charge in [0.15, 0.2) is 4.90 Å². The number of benzene rings is 2. The second kappa shape index (κ2) is 10.5. The molecule has 1 N–H and O–H groups in total. The Morgan fingerprint density at radius 3 is 2.47 bits per heavy atom. The van der Waals surface area contributed by atoms with Crippen LogP contribution in [0.25, 0.3) is 0 Å². The molecule has 0 radical (unpaired) electrons. The number of halogens is 1. The van der Waals surface area contributed by atoms with Gasteiger partial charge in [-0.2, -0.15) is 10.2 Å². The minimum Gasteiger partial charge on any atom is -0.493 e. The standard InChI is InChI=1S/C24H24BrN3O5S/c1-4-20(17-7-5-6-16(12-17)13-26)28-21(14-33-15(2)3)27-23(29)22(24(28)30)34(31,32)19-10-8-18(25)9-11-19/h5-12,15,20,30H,4,14H2,1-3H3. The van der Waals surface area contributed by atoms with Crippen molar-refractivity contribution in [1.29, 1.82) is 5.26 Å². The lowest BCUT2D eigenvalue weighted by Gasteiger charge is -2.25. The Hall–Kier alpha value is -3.00. The Balaban J connectivity index is 2.30. The van der Waals surface area contributed by atoms with Gasteiger partial charge in [0.25, 0.3) is 5.56 Å². The van der Waals surface area contributed by atoms with Crippen molar-refractivity contribution in [2.24, 2.45) is 0 Å². The Morgan fingerprint density at radius 2 is 1.88 bits per heavy atom. The Kier molecular flexibility index (Phi) is 7.92. The van der Waals surface area contributed by atoms with Crippen molar-refractivity contribution in [2.75, 3.05) is 0 Å². The van der Waals surface area contributed by atoms with E-state index < -0.39 is 32.2 Å². The molecule has 0 aliphatic rings. The van der Waals surface area contributed by atoms with Crippen LogP contribution in [0.2, 0.25) is 0 Å². The van der Waals surface area contributed by atoms with Crippen LogP contribution in [-0.4, -0.2) is 29.2 Å². The summed E-state index contributed by atoms with van der Waals surface area (Å²) in [5.41, 5.74) is -0.00753. The molecular weight excluding hydrogens is 522 g/mol. The van der Waals surface area contributed by atoms with Gasteiger partial charge in [-0.15, -0.1) is 0 Å². The predicted molar refractivity (Wildman–Crippen MR) is 129 cm³/mol. The van der Waals surface area contributed by atoms with Crippen LogP contribution in [0, 0.1) is 11.3 Å². The van der Waals surface area contributed by atoms with Gasteiger partial charge >= 0.3 is 0 Å². The molecule has 0 bridgehead atoms. The summed E-state index contributed by atoms with van der Waals surface area (Å²) < 4.78 is 34.3. The van der Waals surface area contributed by atoms with Gasteiger partial charge < -0.3 is 9.84 Å². The van der Waals surface area contributed by atoms with Crippen LogP contribution in [0.15, 0.2) is 67.6 Å². The van der Waals surface area contributed by atoms with Crippen molar-refractivity contribution in [2.45, 2.75) is 55.7 Å². The van der Waals surface area contributed by atoms with E-state index in [2.05, 4.69) is 27.0 Å². The largest absolute Gasteiger partial charge is 0.493 e. The van der Waals surface area contributed by atoms with E-state index in [-0.39, 0.29) is 23.4 Å². The molecule has 10 heteroatoms. The normalized spacial score (nSPS) is 12.5. The average molecular weight is 546 g/mol. The highest BCUT2D eigenvalue weighted by Crippen LogP contribution is 2.33. The third-order valence-corrected chi connectivity index (χ3v) is 7.49. The van der Waals surface area contributed by atoms with Gasteiger partial charge in [-0.1, -0.05) is 35.0 Å². The summed E-state index contributed by atoms with van der Waals surface area (Å²) >= 11 is 3.25. The first-order chi connectivity index (χ1) is 16.1. The summed E-state index contributed by atoms with van der Waals surface area (Å²) in [5.74, 6) is -0.639. The van der Waals surface area contributed by atoms with Crippen molar-refractivity contribution in [3.8, 4) is 11.9 Å². The number of sulfone groups is 1. The molecule has 34 heavy (non-hydrogen) atoms. The van der Waals surface area contributed by atoms with Crippen LogP contribution in [0.5, 0.6) is 5.88 Å². The molecule has 0 fully saturated rings. The summed E-state index contributed by atoms with van der Waals surface area (Å²) in [4.78, 5) is 16.0. The van der Waals surface area contributed by atoms with E-state index in [9.17, 15) is 23.6 Å². The summed E-state index contributed by atoms with van der Waals surface area (Å²) in [6.45, 7) is 5.34. The smallest absolute Gasteiger partial charge is 0.296 e. The minimum absolute atomic E-state index is 0.0835. The number of rotatable bonds is 8. The monoisotopic (exact) mass is 545 g/mol. The summed E-state index contributed by atoms with van der Waals surface area (Å²) in [6, 6.07) is 14.0. The zero-order valence-electron chi connectivity index (χ0n) is 18.9. The number of nitriles is 1. The molecule has 0 amide bonds. The van der Waals surface area contributed by atoms with Crippen LogP contribution in [0.1, 0.15) is 50.2 Å². The fourth-order valence-electron chi connectivity index (χ4n) is 3.57. The lowest BCUT2D eigenvalue weighted by Crippen LogP contribution is -2.28.